The van der Waals surface area contributed by atoms with Gasteiger partial charge in [0.25, 0.3) is 0 Å². The van der Waals surface area contributed by atoms with Crippen LogP contribution in [0.15, 0.2) is 0 Å². The maximum Gasteiger partial charge on any atom is 0.249 e. The molecule has 0 aliphatic heterocycles. The molecule has 0 spiro atoms. The van der Waals surface area contributed by atoms with Crippen molar-refractivity contribution in [3.8, 4) is 0 Å². The highest BCUT2D eigenvalue weighted by atomic mass is 16.3. The fourth-order valence-electron chi connectivity index (χ4n) is 2.44. The third-order valence-corrected chi connectivity index (χ3v) is 3.73. The minimum Gasteiger partial charge on any atom is -0.380 e. The highest BCUT2D eigenvalue weighted by Crippen LogP contribution is 2.39. The molecule has 15 heavy (non-hydrogen) atoms. The van der Waals surface area contributed by atoms with Crippen LogP contribution in [0.5, 0.6) is 0 Å². The average molecular weight is 213 g/mol. The summed E-state index contributed by atoms with van der Waals surface area (Å²) in [5.74, 6) is 0.0166. The van der Waals surface area contributed by atoms with E-state index in [4.69, 9.17) is 5.73 Å². The number of carbonyl (C=O) groups excluding carboxylic acids is 1. The summed E-state index contributed by atoms with van der Waals surface area (Å²) in [6.45, 7) is 6.64. The number of hydrogen-bond donors (Lipinski definition) is 2. The molecule has 0 bridgehead atoms. The molecule has 1 amide bonds. The molecule has 2 unspecified atom stereocenters. The summed E-state index contributed by atoms with van der Waals surface area (Å²) in [7, 11) is 0. The second kappa shape index (κ2) is 4.12. The van der Waals surface area contributed by atoms with Crippen LogP contribution in [0, 0.1) is 11.3 Å². The van der Waals surface area contributed by atoms with Gasteiger partial charge in [-0.25, -0.2) is 0 Å². The zero-order valence-corrected chi connectivity index (χ0v) is 10.0. The zero-order chi connectivity index (χ0) is 11.7. The minimum atomic E-state index is -1.25. The Morgan fingerprint density at radius 2 is 1.93 bits per heavy atom. The predicted octanol–water partition coefficient (Wildman–Crippen LogP) is 1.83. The first-order valence-corrected chi connectivity index (χ1v) is 5.78. The topological polar surface area (TPSA) is 63.3 Å². The Morgan fingerprint density at radius 3 is 2.40 bits per heavy atom. The molecule has 1 aliphatic rings. The van der Waals surface area contributed by atoms with Crippen LogP contribution in [0.4, 0.5) is 0 Å². The molecule has 0 heterocycles. The Balaban J connectivity index is 2.68. The molecule has 3 nitrogen and oxygen atoms in total. The van der Waals surface area contributed by atoms with Crippen LogP contribution in [0.1, 0.15) is 52.9 Å². The van der Waals surface area contributed by atoms with Crippen LogP contribution in [0.3, 0.4) is 0 Å². The molecule has 88 valence electrons. The van der Waals surface area contributed by atoms with Gasteiger partial charge >= 0.3 is 0 Å². The lowest BCUT2D eigenvalue weighted by molar-refractivity contribution is -0.137. The van der Waals surface area contributed by atoms with Crippen molar-refractivity contribution in [3.05, 3.63) is 0 Å². The summed E-state index contributed by atoms with van der Waals surface area (Å²) in [4.78, 5) is 11.2. The van der Waals surface area contributed by atoms with Crippen LogP contribution in [0.25, 0.3) is 0 Å². The molecular weight excluding hydrogens is 190 g/mol. The molecule has 3 N–H and O–H groups in total. The maximum absolute atomic E-state index is 11.2. The van der Waals surface area contributed by atoms with Gasteiger partial charge in [0.05, 0.1) is 0 Å². The molecule has 0 aromatic rings. The van der Waals surface area contributed by atoms with Gasteiger partial charge in [0.15, 0.2) is 0 Å². The SMILES string of the molecule is CC(C)(C)C1CCCC(O)(C(N)=O)CC1. The second-order valence-electron chi connectivity index (χ2n) is 5.89. The molecule has 3 heteroatoms. The molecule has 1 fully saturated rings. The van der Waals surface area contributed by atoms with E-state index in [-0.39, 0.29) is 5.41 Å². The first kappa shape index (κ1) is 12.5. The van der Waals surface area contributed by atoms with Crippen LogP contribution in [0.2, 0.25) is 0 Å². The van der Waals surface area contributed by atoms with Gasteiger partial charge in [-0.2, -0.15) is 0 Å². The molecule has 0 radical (unpaired) electrons. The highest BCUT2D eigenvalue weighted by Gasteiger charge is 2.38. The minimum absolute atomic E-state index is 0.253. The molecule has 1 saturated carbocycles. The Labute approximate surface area is 92.0 Å². The van der Waals surface area contributed by atoms with Crippen LogP contribution < -0.4 is 5.73 Å². The van der Waals surface area contributed by atoms with E-state index in [0.717, 1.165) is 19.3 Å². The third-order valence-electron chi connectivity index (χ3n) is 3.73. The molecule has 1 rings (SSSR count). The highest BCUT2D eigenvalue weighted by molar-refractivity contribution is 5.83. The normalized spacial score (nSPS) is 33.5. The Morgan fingerprint density at radius 1 is 1.33 bits per heavy atom. The molecule has 1 aliphatic carbocycles. The summed E-state index contributed by atoms with van der Waals surface area (Å²) in [6, 6.07) is 0. The van der Waals surface area contributed by atoms with Crippen molar-refractivity contribution in [1.29, 1.82) is 0 Å². The van der Waals surface area contributed by atoms with Crippen molar-refractivity contribution >= 4 is 5.91 Å². The number of aliphatic hydroxyl groups is 1. The van der Waals surface area contributed by atoms with Crippen molar-refractivity contribution in [2.45, 2.75) is 58.5 Å². The van der Waals surface area contributed by atoms with E-state index in [2.05, 4.69) is 20.8 Å². The van der Waals surface area contributed by atoms with Crippen LogP contribution >= 0.6 is 0 Å². The maximum atomic E-state index is 11.2. The van der Waals surface area contributed by atoms with E-state index in [1.54, 1.807) is 0 Å². The smallest absolute Gasteiger partial charge is 0.249 e. The van der Waals surface area contributed by atoms with Gasteiger partial charge in [0.1, 0.15) is 5.60 Å². The Hall–Kier alpha value is -0.570. The van der Waals surface area contributed by atoms with Gasteiger partial charge in [-0.15, -0.1) is 0 Å². The largest absolute Gasteiger partial charge is 0.380 e. The van der Waals surface area contributed by atoms with E-state index in [9.17, 15) is 9.90 Å². The van der Waals surface area contributed by atoms with Gasteiger partial charge in [-0.1, -0.05) is 20.8 Å². The lowest BCUT2D eigenvalue weighted by atomic mass is 9.76. The van der Waals surface area contributed by atoms with Crippen molar-refractivity contribution in [1.82, 2.24) is 0 Å². The van der Waals surface area contributed by atoms with Crippen molar-refractivity contribution in [2.24, 2.45) is 17.1 Å². The summed E-state index contributed by atoms with van der Waals surface area (Å²) in [5.41, 5.74) is 4.24. The van der Waals surface area contributed by atoms with E-state index >= 15 is 0 Å². The van der Waals surface area contributed by atoms with E-state index in [1.807, 2.05) is 0 Å². The molecule has 0 saturated heterocycles. The van der Waals surface area contributed by atoms with Gasteiger partial charge in [0, 0.05) is 0 Å². The molecule has 0 aromatic carbocycles. The van der Waals surface area contributed by atoms with Crippen LogP contribution in [-0.4, -0.2) is 16.6 Å². The predicted molar refractivity (Wildman–Crippen MR) is 60.2 cm³/mol. The van der Waals surface area contributed by atoms with Gasteiger partial charge in [-0.3, -0.25) is 4.79 Å². The zero-order valence-electron chi connectivity index (χ0n) is 10.0. The first-order valence-electron chi connectivity index (χ1n) is 5.78. The number of nitrogens with two attached hydrogens (primary N) is 1. The summed E-state index contributed by atoms with van der Waals surface area (Å²) >= 11 is 0. The lowest BCUT2D eigenvalue weighted by Crippen LogP contribution is -2.43. The van der Waals surface area contributed by atoms with Crippen LogP contribution in [-0.2, 0) is 4.79 Å². The van der Waals surface area contributed by atoms with E-state index < -0.39 is 11.5 Å². The number of primary amides is 1. The summed E-state index contributed by atoms with van der Waals surface area (Å²) in [6.07, 6.45) is 3.91. The number of hydrogen-bond acceptors (Lipinski definition) is 2. The molecule has 0 aromatic heterocycles. The standard InChI is InChI=1S/C12H23NO2/c1-11(2,3)9-5-4-7-12(15,8-6-9)10(13)14/h9,15H,4-8H2,1-3H3,(H2,13,14). The van der Waals surface area contributed by atoms with Crippen molar-refractivity contribution < 1.29 is 9.90 Å². The van der Waals surface area contributed by atoms with Crippen molar-refractivity contribution in [3.63, 3.8) is 0 Å². The second-order valence-corrected chi connectivity index (χ2v) is 5.89. The monoisotopic (exact) mass is 213 g/mol. The first-order chi connectivity index (χ1) is 6.76. The quantitative estimate of drug-likeness (QED) is 0.653. The number of rotatable bonds is 1. The Kier molecular flexibility index (Phi) is 3.44. The fraction of sp³-hybridized carbons (Fsp3) is 0.917. The van der Waals surface area contributed by atoms with Crippen molar-refractivity contribution in [2.75, 3.05) is 0 Å². The summed E-state index contributed by atoms with van der Waals surface area (Å²) in [5, 5.41) is 10.0. The van der Waals surface area contributed by atoms with Gasteiger partial charge in [-0.05, 0) is 43.4 Å². The van der Waals surface area contributed by atoms with E-state index in [0.29, 0.717) is 18.8 Å². The van der Waals surface area contributed by atoms with Gasteiger partial charge < -0.3 is 10.8 Å². The fourth-order valence-corrected chi connectivity index (χ4v) is 2.44. The summed E-state index contributed by atoms with van der Waals surface area (Å²) < 4.78 is 0. The van der Waals surface area contributed by atoms with Gasteiger partial charge in [0.2, 0.25) is 5.91 Å². The number of amides is 1. The third kappa shape index (κ3) is 2.94. The van der Waals surface area contributed by atoms with E-state index in [1.165, 1.54) is 0 Å². The number of carbonyl (C=O) groups is 1. The lowest BCUT2D eigenvalue weighted by Gasteiger charge is -2.30. The Bertz CT molecular complexity index is 244. The molecule has 2 atom stereocenters. The average Bonchev–Trinajstić information content (AvgIpc) is 2.26. The molecular formula is C12H23NO2.